The molecule has 1 aliphatic heterocycles. The van der Waals surface area contributed by atoms with Crippen LogP contribution in [0.15, 0.2) is 41.6 Å². The van der Waals surface area contributed by atoms with Crippen molar-refractivity contribution in [2.45, 2.75) is 13.0 Å². The van der Waals surface area contributed by atoms with Crippen LogP contribution in [-0.2, 0) is 9.59 Å². The van der Waals surface area contributed by atoms with E-state index >= 15 is 0 Å². The van der Waals surface area contributed by atoms with Crippen LogP contribution in [-0.4, -0.2) is 23.6 Å². The Morgan fingerprint density at radius 1 is 1.24 bits per heavy atom. The molecule has 1 atom stereocenters. The third-order valence-electron chi connectivity index (χ3n) is 2.96. The summed E-state index contributed by atoms with van der Waals surface area (Å²) in [6.45, 7) is 1.65. The minimum atomic E-state index is -0.501. The molecule has 0 bridgehead atoms. The molecule has 4 nitrogen and oxygen atoms in total. The van der Waals surface area contributed by atoms with E-state index in [0.717, 1.165) is 5.56 Å². The van der Waals surface area contributed by atoms with Crippen LogP contribution < -0.4 is 5.73 Å². The number of rotatable bonds is 1. The van der Waals surface area contributed by atoms with Crippen LogP contribution in [0.3, 0.4) is 0 Å². The van der Waals surface area contributed by atoms with Crippen molar-refractivity contribution in [2.24, 2.45) is 5.73 Å². The van der Waals surface area contributed by atoms with Gasteiger partial charge in [0.15, 0.2) is 0 Å². The Balaban J connectivity index is 2.56. The Bertz CT molecular complexity index is 501. The zero-order valence-corrected chi connectivity index (χ0v) is 9.81. The first-order valence-corrected chi connectivity index (χ1v) is 5.36. The minimum Gasteiger partial charge on any atom is -0.402 e. The largest absolute Gasteiger partial charge is 0.402 e. The first-order chi connectivity index (χ1) is 8.04. The fourth-order valence-electron chi connectivity index (χ4n) is 2.13. The van der Waals surface area contributed by atoms with E-state index < -0.39 is 11.7 Å². The first kappa shape index (κ1) is 11.4. The fraction of sp³-hybridized carbons (Fsp3) is 0.231. The van der Waals surface area contributed by atoms with Crippen molar-refractivity contribution in [1.82, 2.24) is 4.90 Å². The number of hydrogen-bond donors (Lipinski definition) is 1. The van der Waals surface area contributed by atoms with Crippen molar-refractivity contribution in [1.29, 1.82) is 0 Å². The van der Waals surface area contributed by atoms with E-state index in [4.69, 9.17) is 5.73 Å². The van der Waals surface area contributed by atoms with Gasteiger partial charge in [0.1, 0.15) is 0 Å². The van der Waals surface area contributed by atoms with Crippen LogP contribution in [0, 0.1) is 0 Å². The van der Waals surface area contributed by atoms with Gasteiger partial charge in [-0.25, -0.2) is 0 Å². The van der Waals surface area contributed by atoms with Crippen molar-refractivity contribution >= 4 is 11.7 Å². The number of nitrogens with zero attached hydrogens (tertiary/aromatic N) is 1. The van der Waals surface area contributed by atoms with Crippen LogP contribution in [0.25, 0.3) is 0 Å². The summed E-state index contributed by atoms with van der Waals surface area (Å²) in [6.07, 6.45) is 0. The highest BCUT2D eigenvalue weighted by Gasteiger charge is 2.42. The Morgan fingerprint density at radius 3 is 2.35 bits per heavy atom. The van der Waals surface area contributed by atoms with Crippen LogP contribution in [0.5, 0.6) is 0 Å². The number of carbonyl (C=O) groups excluding carboxylic acids is 2. The number of likely N-dealkylation sites (tertiary alicyclic amines) is 1. The number of nitrogens with two attached hydrogens (primary N) is 1. The Labute approximate surface area is 99.7 Å². The molecule has 88 valence electrons. The molecule has 0 unspecified atom stereocenters. The molecular formula is C13H14N2O2. The molecular weight excluding hydrogens is 216 g/mol. The summed E-state index contributed by atoms with van der Waals surface area (Å²) < 4.78 is 0. The standard InChI is InChI=1S/C13H14N2O2/c1-8(14)10-11(9-6-4-3-5-7-9)15(2)13(17)12(10)16/h3-7,11H,14H2,1-2H3/t11-/m0/s1. The highest BCUT2D eigenvalue weighted by atomic mass is 16.2. The molecule has 2 N–H and O–H groups in total. The molecule has 17 heavy (non-hydrogen) atoms. The van der Waals surface area contributed by atoms with Crippen LogP contribution in [0.1, 0.15) is 18.5 Å². The molecule has 1 aromatic rings. The molecule has 1 saturated heterocycles. The number of Topliss-reactive ketones (excluding diaryl/α,β-unsaturated/α-hetero) is 1. The number of hydrogen-bond acceptors (Lipinski definition) is 3. The summed E-state index contributed by atoms with van der Waals surface area (Å²) in [4.78, 5) is 24.9. The Morgan fingerprint density at radius 2 is 1.82 bits per heavy atom. The highest BCUT2D eigenvalue weighted by molar-refractivity contribution is 6.45. The number of allylic oxidation sites excluding steroid dienone is 1. The van der Waals surface area contributed by atoms with Crippen LogP contribution >= 0.6 is 0 Å². The lowest BCUT2D eigenvalue weighted by Gasteiger charge is -2.20. The Kier molecular flexibility index (Phi) is 2.71. The quantitative estimate of drug-likeness (QED) is 0.578. The number of carbonyl (C=O) groups is 2. The number of benzene rings is 1. The van der Waals surface area contributed by atoms with Crippen molar-refractivity contribution < 1.29 is 9.59 Å². The van der Waals surface area contributed by atoms with Gasteiger partial charge in [-0.2, -0.15) is 0 Å². The molecule has 0 aliphatic carbocycles. The van der Waals surface area contributed by atoms with E-state index in [1.54, 1.807) is 14.0 Å². The predicted octanol–water partition coefficient (Wildman–Crippen LogP) is 1.00. The lowest BCUT2D eigenvalue weighted by Crippen LogP contribution is -2.24. The molecule has 0 saturated carbocycles. The molecule has 1 fully saturated rings. The molecule has 4 heteroatoms. The smallest absolute Gasteiger partial charge is 0.295 e. The number of amides is 1. The summed E-state index contributed by atoms with van der Waals surface area (Å²) in [5.41, 5.74) is 7.41. The normalized spacial score (nSPS) is 23.2. The average Bonchev–Trinajstić information content (AvgIpc) is 2.55. The topological polar surface area (TPSA) is 63.4 Å². The predicted molar refractivity (Wildman–Crippen MR) is 63.8 cm³/mol. The molecule has 1 amide bonds. The van der Waals surface area contributed by atoms with Gasteiger partial charge in [-0.15, -0.1) is 0 Å². The average molecular weight is 230 g/mol. The summed E-state index contributed by atoms with van der Waals surface area (Å²) in [5.74, 6) is -1.000. The maximum absolute atomic E-state index is 11.8. The zero-order valence-electron chi connectivity index (χ0n) is 9.81. The third kappa shape index (κ3) is 1.71. The van der Waals surface area contributed by atoms with Gasteiger partial charge in [-0.1, -0.05) is 30.3 Å². The maximum atomic E-state index is 11.8. The summed E-state index contributed by atoms with van der Waals surface area (Å²) in [7, 11) is 1.62. The van der Waals surface area contributed by atoms with Gasteiger partial charge in [0, 0.05) is 12.7 Å². The lowest BCUT2D eigenvalue weighted by molar-refractivity contribution is -0.139. The molecule has 1 aliphatic rings. The van der Waals surface area contributed by atoms with E-state index in [1.807, 2.05) is 30.3 Å². The van der Waals surface area contributed by atoms with Crippen molar-refractivity contribution in [3.05, 3.63) is 47.2 Å². The van der Waals surface area contributed by atoms with Gasteiger partial charge in [-0.05, 0) is 12.5 Å². The van der Waals surface area contributed by atoms with E-state index in [1.165, 1.54) is 4.90 Å². The van der Waals surface area contributed by atoms with E-state index in [-0.39, 0.29) is 6.04 Å². The first-order valence-electron chi connectivity index (χ1n) is 5.36. The van der Waals surface area contributed by atoms with Gasteiger partial charge in [0.25, 0.3) is 11.7 Å². The Hall–Kier alpha value is -2.10. The van der Waals surface area contributed by atoms with Gasteiger partial charge in [0.2, 0.25) is 0 Å². The third-order valence-corrected chi connectivity index (χ3v) is 2.96. The molecule has 0 spiro atoms. The number of ketones is 1. The van der Waals surface area contributed by atoms with Gasteiger partial charge in [-0.3, -0.25) is 9.59 Å². The molecule has 0 aromatic heterocycles. The van der Waals surface area contributed by atoms with Crippen molar-refractivity contribution in [3.8, 4) is 0 Å². The molecule has 1 aromatic carbocycles. The van der Waals surface area contributed by atoms with Gasteiger partial charge >= 0.3 is 0 Å². The number of likely N-dealkylation sites (N-methyl/N-ethyl adjacent to an activating group) is 1. The fourth-order valence-corrected chi connectivity index (χ4v) is 2.13. The van der Waals surface area contributed by atoms with E-state index in [0.29, 0.717) is 11.3 Å². The molecule has 0 radical (unpaired) electrons. The summed E-state index contributed by atoms with van der Waals surface area (Å²) >= 11 is 0. The molecule has 2 rings (SSSR count). The van der Waals surface area contributed by atoms with Gasteiger partial charge in [0.05, 0.1) is 11.6 Å². The second-order valence-corrected chi connectivity index (χ2v) is 4.16. The minimum absolute atomic E-state index is 0.360. The second-order valence-electron chi connectivity index (χ2n) is 4.16. The summed E-state index contributed by atoms with van der Waals surface area (Å²) in [5, 5.41) is 0. The van der Waals surface area contributed by atoms with Crippen LogP contribution in [0.2, 0.25) is 0 Å². The monoisotopic (exact) mass is 230 g/mol. The highest BCUT2D eigenvalue weighted by Crippen LogP contribution is 2.34. The van der Waals surface area contributed by atoms with Gasteiger partial charge < -0.3 is 10.6 Å². The maximum Gasteiger partial charge on any atom is 0.295 e. The summed E-state index contributed by atoms with van der Waals surface area (Å²) in [6, 6.07) is 9.05. The van der Waals surface area contributed by atoms with Crippen molar-refractivity contribution in [3.63, 3.8) is 0 Å². The SMILES string of the molecule is CC(N)=C1C(=O)C(=O)N(C)[C@H]1c1ccccc1. The van der Waals surface area contributed by atoms with E-state index in [2.05, 4.69) is 0 Å². The lowest BCUT2D eigenvalue weighted by atomic mass is 9.98. The second kappa shape index (κ2) is 4.05. The zero-order chi connectivity index (χ0) is 12.6. The van der Waals surface area contributed by atoms with Crippen LogP contribution in [0.4, 0.5) is 0 Å². The van der Waals surface area contributed by atoms with E-state index in [9.17, 15) is 9.59 Å². The van der Waals surface area contributed by atoms with Crippen molar-refractivity contribution in [2.75, 3.05) is 7.05 Å². The molecule has 1 heterocycles.